The normalized spacial score (nSPS) is 24.6. The van der Waals surface area contributed by atoms with Crippen LogP contribution in [0.25, 0.3) is 0 Å². The smallest absolute Gasteiger partial charge is 0.115 e. The zero-order valence-electron chi connectivity index (χ0n) is 22.5. The molecule has 5 rings (SSSR count). The third-order valence-electron chi connectivity index (χ3n) is 7.22. The summed E-state index contributed by atoms with van der Waals surface area (Å²) in [5.41, 5.74) is 10.7. The first-order valence-corrected chi connectivity index (χ1v) is 13.7. The van der Waals surface area contributed by atoms with Gasteiger partial charge in [0.15, 0.2) is 0 Å². The van der Waals surface area contributed by atoms with Crippen LogP contribution in [0.3, 0.4) is 0 Å². The molecule has 1 aliphatic rings. The van der Waals surface area contributed by atoms with Gasteiger partial charge in [0.1, 0.15) is 30.5 Å². The van der Waals surface area contributed by atoms with Gasteiger partial charge in [-0.05, 0) is 22.3 Å². The molecule has 0 radical (unpaired) electrons. The van der Waals surface area contributed by atoms with Crippen molar-refractivity contribution in [3.63, 3.8) is 0 Å². The fourth-order valence-corrected chi connectivity index (χ4v) is 5.05. The van der Waals surface area contributed by atoms with Crippen molar-refractivity contribution in [3.8, 4) is 0 Å². The Bertz CT molecular complexity index is 1160. The number of hydrogen-bond acceptors (Lipinski definition) is 6. The Kier molecular flexibility index (Phi) is 10.1. The molecule has 1 aliphatic carbocycles. The van der Waals surface area contributed by atoms with E-state index in [1.165, 1.54) is 0 Å². The molecule has 0 aliphatic heterocycles. The lowest BCUT2D eigenvalue weighted by Crippen LogP contribution is -2.68. The first-order chi connectivity index (χ1) is 19.7. The second-order valence-corrected chi connectivity index (χ2v) is 10.1. The zero-order chi connectivity index (χ0) is 27.6. The monoisotopic (exact) mass is 539 g/mol. The summed E-state index contributed by atoms with van der Waals surface area (Å²) in [5, 5.41) is 11.5. The molecule has 0 amide bonds. The summed E-state index contributed by atoms with van der Waals surface area (Å²) >= 11 is 0. The van der Waals surface area contributed by atoms with Gasteiger partial charge in [0.05, 0.1) is 32.5 Å². The highest BCUT2D eigenvalue weighted by Gasteiger charge is 2.52. The molecule has 1 saturated carbocycles. The number of aliphatic hydroxyl groups excluding tert-OH is 1. The maximum Gasteiger partial charge on any atom is 0.115 e. The van der Waals surface area contributed by atoms with Crippen LogP contribution in [-0.4, -0.2) is 41.7 Å². The summed E-state index contributed by atoms with van der Waals surface area (Å²) in [6, 6.07) is 38.9. The summed E-state index contributed by atoms with van der Waals surface area (Å²) in [5.74, 6) is 0. The minimum Gasteiger partial charge on any atom is -0.389 e. The van der Waals surface area contributed by atoms with Crippen LogP contribution in [0, 0.1) is 0 Å². The van der Waals surface area contributed by atoms with Crippen molar-refractivity contribution < 1.29 is 24.1 Å². The van der Waals surface area contributed by atoms with Crippen LogP contribution in [0.2, 0.25) is 0 Å². The summed E-state index contributed by atoms with van der Waals surface area (Å²) in [6.45, 7) is 1.31. The van der Waals surface area contributed by atoms with Crippen molar-refractivity contribution in [2.45, 2.75) is 63.0 Å². The standard InChI is InChI=1S/C34H37NO5/c35-29-30(36)32(38-22-26-15-7-2-8-16-26)34(40-24-28-19-11-4-12-20-28)33(39-23-27-17-9-3-10-18-27)31(29)37-21-25-13-5-1-6-14-25/h1-20,29-34,36H,21-24,35H2/t29-,30-,31+,32+,33+,34+/m0/s1. The van der Waals surface area contributed by atoms with Gasteiger partial charge in [0, 0.05) is 0 Å². The number of ether oxygens (including phenoxy) is 4. The lowest BCUT2D eigenvalue weighted by atomic mass is 9.82. The molecule has 4 aromatic carbocycles. The largest absolute Gasteiger partial charge is 0.389 e. The van der Waals surface area contributed by atoms with E-state index in [-0.39, 0.29) is 0 Å². The Labute approximate surface area is 236 Å². The Hall–Kier alpha value is -3.36. The van der Waals surface area contributed by atoms with Crippen molar-refractivity contribution in [3.05, 3.63) is 144 Å². The fraction of sp³-hybridized carbons (Fsp3) is 0.294. The SMILES string of the molecule is N[C@H]1[C@H](O)[C@@H](OCc2ccccc2)[C@@H](OCc2ccccc2)[C@H](OCc2ccccc2)[C@@H]1OCc1ccccc1. The molecule has 1 fully saturated rings. The van der Waals surface area contributed by atoms with Gasteiger partial charge in [-0.3, -0.25) is 0 Å². The molecule has 40 heavy (non-hydrogen) atoms. The number of nitrogens with two attached hydrogens (primary N) is 1. The predicted octanol–water partition coefficient (Wildman–Crippen LogP) is 5.03. The van der Waals surface area contributed by atoms with E-state index in [0.29, 0.717) is 26.4 Å². The molecule has 6 nitrogen and oxygen atoms in total. The lowest BCUT2D eigenvalue weighted by molar-refractivity contribution is -0.247. The van der Waals surface area contributed by atoms with Gasteiger partial charge < -0.3 is 29.8 Å². The van der Waals surface area contributed by atoms with Crippen LogP contribution in [0.15, 0.2) is 121 Å². The average molecular weight is 540 g/mol. The van der Waals surface area contributed by atoms with Crippen LogP contribution in [0.4, 0.5) is 0 Å². The summed E-state index contributed by atoms with van der Waals surface area (Å²) in [7, 11) is 0. The molecule has 0 saturated heterocycles. The van der Waals surface area contributed by atoms with E-state index in [1.807, 2.05) is 121 Å². The maximum absolute atomic E-state index is 11.5. The molecule has 208 valence electrons. The van der Waals surface area contributed by atoms with Gasteiger partial charge in [-0.2, -0.15) is 0 Å². The van der Waals surface area contributed by atoms with Crippen LogP contribution >= 0.6 is 0 Å². The molecule has 3 N–H and O–H groups in total. The molecule has 0 aromatic heterocycles. The second-order valence-electron chi connectivity index (χ2n) is 10.1. The molecular formula is C34H37NO5. The number of benzene rings is 4. The van der Waals surface area contributed by atoms with Gasteiger partial charge in [-0.25, -0.2) is 0 Å². The van der Waals surface area contributed by atoms with E-state index in [0.717, 1.165) is 22.3 Å². The van der Waals surface area contributed by atoms with Crippen LogP contribution < -0.4 is 5.73 Å². The average Bonchev–Trinajstić information content (AvgIpc) is 3.01. The first-order valence-electron chi connectivity index (χ1n) is 13.7. The van der Waals surface area contributed by atoms with E-state index >= 15 is 0 Å². The molecular weight excluding hydrogens is 502 g/mol. The molecule has 0 heterocycles. The number of hydrogen-bond donors (Lipinski definition) is 2. The van der Waals surface area contributed by atoms with E-state index in [9.17, 15) is 5.11 Å². The summed E-state index contributed by atoms with van der Waals surface area (Å²) in [4.78, 5) is 0. The van der Waals surface area contributed by atoms with Gasteiger partial charge in [-0.1, -0.05) is 121 Å². The lowest BCUT2D eigenvalue weighted by Gasteiger charge is -2.47. The minimum absolute atomic E-state index is 0.307. The zero-order valence-corrected chi connectivity index (χ0v) is 22.5. The maximum atomic E-state index is 11.5. The van der Waals surface area contributed by atoms with E-state index in [2.05, 4.69) is 0 Å². The van der Waals surface area contributed by atoms with Crippen molar-refractivity contribution in [2.24, 2.45) is 5.73 Å². The van der Waals surface area contributed by atoms with Gasteiger partial charge >= 0.3 is 0 Å². The van der Waals surface area contributed by atoms with Gasteiger partial charge in [0.2, 0.25) is 0 Å². The quantitative estimate of drug-likeness (QED) is 0.263. The first kappa shape index (κ1) is 28.2. The third-order valence-corrected chi connectivity index (χ3v) is 7.22. The molecule has 6 heteroatoms. The van der Waals surface area contributed by atoms with Crippen molar-refractivity contribution in [1.29, 1.82) is 0 Å². The highest BCUT2D eigenvalue weighted by atomic mass is 16.6. The van der Waals surface area contributed by atoms with Gasteiger partial charge in [0.25, 0.3) is 0 Å². The molecule has 6 atom stereocenters. The highest BCUT2D eigenvalue weighted by molar-refractivity contribution is 5.17. The minimum atomic E-state index is -1.03. The van der Waals surface area contributed by atoms with Crippen molar-refractivity contribution in [1.82, 2.24) is 0 Å². The molecule has 0 unspecified atom stereocenters. The van der Waals surface area contributed by atoms with E-state index in [4.69, 9.17) is 24.7 Å². The van der Waals surface area contributed by atoms with Crippen molar-refractivity contribution in [2.75, 3.05) is 0 Å². The summed E-state index contributed by atoms with van der Waals surface area (Å²) in [6.07, 6.45) is -3.61. The Morgan fingerprint density at radius 2 is 0.700 bits per heavy atom. The summed E-state index contributed by atoms with van der Waals surface area (Å²) < 4.78 is 25.8. The molecule has 4 aromatic rings. The van der Waals surface area contributed by atoms with E-state index < -0.39 is 36.6 Å². The molecule has 0 spiro atoms. The Balaban J connectivity index is 1.42. The van der Waals surface area contributed by atoms with Crippen molar-refractivity contribution >= 4 is 0 Å². The Morgan fingerprint density at radius 1 is 0.425 bits per heavy atom. The van der Waals surface area contributed by atoms with E-state index in [1.54, 1.807) is 0 Å². The highest BCUT2D eigenvalue weighted by Crippen LogP contribution is 2.32. The second kappa shape index (κ2) is 14.3. The van der Waals surface area contributed by atoms with Crippen LogP contribution in [-0.2, 0) is 45.4 Å². The topological polar surface area (TPSA) is 83.2 Å². The van der Waals surface area contributed by atoms with Crippen LogP contribution in [0.1, 0.15) is 22.3 Å². The Morgan fingerprint density at radius 3 is 1.05 bits per heavy atom. The predicted molar refractivity (Wildman–Crippen MR) is 154 cm³/mol. The third kappa shape index (κ3) is 7.43. The number of aliphatic hydroxyl groups is 1. The number of rotatable bonds is 12. The van der Waals surface area contributed by atoms with Gasteiger partial charge in [-0.15, -0.1) is 0 Å². The molecule has 0 bridgehead atoms. The van der Waals surface area contributed by atoms with Crippen LogP contribution in [0.5, 0.6) is 0 Å². The fourth-order valence-electron chi connectivity index (χ4n) is 5.05.